The minimum atomic E-state index is -4.00. The highest BCUT2D eigenvalue weighted by molar-refractivity contribution is 7.90. The van der Waals surface area contributed by atoms with Crippen LogP contribution in [0.4, 0.5) is 0 Å². The standard InChI is InChI=1S/C25H21Cl2NO5S/c1-2-33-19-8-9-21(23(27)14-19)16-4-3-5-20(12-16)34(31,32)28-15-17(6-11-25(29)30)22-13-18(26)7-10-24(22)28/h3-5,7-10,12-15H,2,6,11H2,1H3,(H,29,30). The topological polar surface area (TPSA) is 85.6 Å². The van der Waals surface area contributed by atoms with Crippen molar-refractivity contribution in [3.8, 4) is 16.9 Å². The lowest BCUT2D eigenvalue weighted by atomic mass is 10.1. The van der Waals surface area contributed by atoms with Gasteiger partial charge in [0.2, 0.25) is 0 Å². The van der Waals surface area contributed by atoms with E-state index < -0.39 is 16.0 Å². The molecule has 0 radical (unpaired) electrons. The predicted molar refractivity (Wildman–Crippen MR) is 134 cm³/mol. The lowest BCUT2D eigenvalue weighted by Crippen LogP contribution is -2.12. The molecule has 176 valence electrons. The second-order valence-corrected chi connectivity index (χ2v) is 10.3. The van der Waals surface area contributed by atoms with Crippen LogP contribution in [0.5, 0.6) is 5.75 Å². The van der Waals surface area contributed by atoms with E-state index in [4.69, 9.17) is 33.0 Å². The van der Waals surface area contributed by atoms with E-state index in [1.807, 2.05) is 6.92 Å². The van der Waals surface area contributed by atoms with Crippen molar-refractivity contribution >= 4 is 50.1 Å². The number of halogens is 2. The zero-order chi connectivity index (χ0) is 24.5. The molecule has 0 fully saturated rings. The van der Waals surface area contributed by atoms with Crippen molar-refractivity contribution in [1.82, 2.24) is 3.97 Å². The second-order valence-electron chi connectivity index (χ2n) is 7.61. The molecule has 9 heteroatoms. The van der Waals surface area contributed by atoms with Gasteiger partial charge in [-0.15, -0.1) is 0 Å². The van der Waals surface area contributed by atoms with Gasteiger partial charge in [-0.2, -0.15) is 0 Å². The monoisotopic (exact) mass is 517 g/mol. The molecule has 0 saturated carbocycles. The maximum Gasteiger partial charge on any atom is 0.303 e. The number of aryl methyl sites for hydroxylation is 1. The van der Waals surface area contributed by atoms with Crippen molar-refractivity contribution in [3.63, 3.8) is 0 Å². The minimum absolute atomic E-state index is 0.0755. The van der Waals surface area contributed by atoms with E-state index in [-0.39, 0.29) is 17.7 Å². The third-order valence-electron chi connectivity index (χ3n) is 5.38. The summed E-state index contributed by atoms with van der Waals surface area (Å²) in [4.78, 5) is 11.2. The maximum absolute atomic E-state index is 13.7. The van der Waals surface area contributed by atoms with Crippen molar-refractivity contribution in [1.29, 1.82) is 0 Å². The number of carboxylic acids is 1. The molecule has 3 aromatic carbocycles. The van der Waals surface area contributed by atoms with Crippen LogP contribution in [-0.2, 0) is 21.2 Å². The molecule has 1 heterocycles. The van der Waals surface area contributed by atoms with Crippen LogP contribution in [0.2, 0.25) is 10.0 Å². The van der Waals surface area contributed by atoms with Crippen LogP contribution in [-0.4, -0.2) is 30.1 Å². The van der Waals surface area contributed by atoms with Gasteiger partial charge in [-0.1, -0.05) is 35.3 Å². The van der Waals surface area contributed by atoms with Crippen LogP contribution >= 0.6 is 23.2 Å². The van der Waals surface area contributed by atoms with Crippen molar-refractivity contribution < 1.29 is 23.1 Å². The third-order valence-corrected chi connectivity index (χ3v) is 7.59. The van der Waals surface area contributed by atoms with Crippen LogP contribution < -0.4 is 4.74 Å². The van der Waals surface area contributed by atoms with Gasteiger partial charge in [0.25, 0.3) is 10.0 Å². The van der Waals surface area contributed by atoms with E-state index in [0.717, 1.165) is 0 Å². The number of ether oxygens (including phenoxy) is 1. The molecule has 1 aromatic heterocycles. The lowest BCUT2D eigenvalue weighted by Gasteiger charge is -2.11. The van der Waals surface area contributed by atoms with Gasteiger partial charge in [0.15, 0.2) is 0 Å². The quantitative estimate of drug-likeness (QED) is 0.297. The summed E-state index contributed by atoms with van der Waals surface area (Å²) in [6.07, 6.45) is 1.52. The Morgan fingerprint density at radius 1 is 1.06 bits per heavy atom. The van der Waals surface area contributed by atoms with Crippen LogP contribution in [0.25, 0.3) is 22.0 Å². The predicted octanol–water partition coefficient (Wildman–Crippen LogP) is 6.27. The van der Waals surface area contributed by atoms with E-state index in [1.54, 1.807) is 54.6 Å². The molecule has 34 heavy (non-hydrogen) atoms. The van der Waals surface area contributed by atoms with E-state index in [1.165, 1.54) is 16.2 Å². The SMILES string of the molecule is CCOc1ccc(-c2cccc(S(=O)(=O)n3cc(CCC(=O)O)c4cc(Cl)ccc43)c2)c(Cl)c1. The van der Waals surface area contributed by atoms with Gasteiger partial charge < -0.3 is 9.84 Å². The number of carboxylic acid groups (broad SMARTS) is 1. The Balaban J connectivity index is 1.80. The van der Waals surface area contributed by atoms with Gasteiger partial charge >= 0.3 is 5.97 Å². The molecule has 1 N–H and O–H groups in total. The van der Waals surface area contributed by atoms with E-state index in [2.05, 4.69) is 0 Å². The van der Waals surface area contributed by atoms with E-state index in [0.29, 0.717) is 50.0 Å². The number of rotatable bonds is 8. The Bertz CT molecular complexity index is 1490. The smallest absolute Gasteiger partial charge is 0.303 e. The normalized spacial score (nSPS) is 11.6. The fourth-order valence-corrected chi connectivity index (χ4v) is 5.69. The first kappa shape index (κ1) is 24.1. The zero-order valence-electron chi connectivity index (χ0n) is 18.2. The van der Waals surface area contributed by atoms with Crippen molar-refractivity contribution in [2.24, 2.45) is 0 Å². The summed E-state index contributed by atoms with van der Waals surface area (Å²) in [5, 5.41) is 10.6. The molecule has 0 atom stereocenters. The fraction of sp³-hybridized carbons (Fsp3) is 0.160. The van der Waals surface area contributed by atoms with Gasteiger partial charge in [-0.25, -0.2) is 12.4 Å². The number of hydrogen-bond donors (Lipinski definition) is 1. The number of aliphatic carboxylic acids is 1. The third kappa shape index (κ3) is 4.78. The summed E-state index contributed by atoms with van der Waals surface area (Å²) in [6, 6.07) is 16.7. The first-order valence-electron chi connectivity index (χ1n) is 10.5. The molecule has 0 aliphatic carbocycles. The van der Waals surface area contributed by atoms with Crippen molar-refractivity contribution in [2.45, 2.75) is 24.7 Å². The number of nitrogens with zero attached hydrogens (tertiary/aromatic N) is 1. The first-order valence-corrected chi connectivity index (χ1v) is 12.7. The number of hydrogen-bond acceptors (Lipinski definition) is 4. The molecule has 0 spiro atoms. The highest BCUT2D eigenvalue weighted by atomic mass is 35.5. The summed E-state index contributed by atoms with van der Waals surface area (Å²) in [5.41, 5.74) is 2.33. The molecule has 4 aromatic rings. The average molecular weight is 518 g/mol. The van der Waals surface area contributed by atoms with Crippen LogP contribution in [0.1, 0.15) is 18.9 Å². The largest absolute Gasteiger partial charge is 0.494 e. The Morgan fingerprint density at radius 2 is 1.85 bits per heavy atom. The molecule has 6 nitrogen and oxygen atoms in total. The lowest BCUT2D eigenvalue weighted by molar-refractivity contribution is -0.136. The van der Waals surface area contributed by atoms with E-state index >= 15 is 0 Å². The Labute approximate surface area is 207 Å². The Morgan fingerprint density at radius 3 is 2.56 bits per heavy atom. The highest BCUT2D eigenvalue weighted by Gasteiger charge is 2.22. The fourth-order valence-electron chi connectivity index (χ4n) is 3.80. The van der Waals surface area contributed by atoms with Gasteiger partial charge in [-0.3, -0.25) is 4.79 Å². The molecule has 0 amide bonds. The molecule has 0 bridgehead atoms. The molecule has 0 saturated heterocycles. The maximum atomic E-state index is 13.7. The first-order chi connectivity index (χ1) is 16.2. The average Bonchev–Trinajstić information content (AvgIpc) is 3.16. The summed E-state index contributed by atoms with van der Waals surface area (Å²) in [7, 11) is -4.00. The highest BCUT2D eigenvalue weighted by Crippen LogP contribution is 2.34. The molecular weight excluding hydrogens is 497 g/mol. The molecule has 4 rings (SSSR count). The van der Waals surface area contributed by atoms with Gasteiger partial charge in [0, 0.05) is 28.6 Å². The molecule has 0 aliphatic rings. The molecular formula is C25H21Cl2NO5S. The van der Waals surface area contributed by atoms with Gasteiger partial charge in [0.1, 0.15) is 5.75 Å². The zero-order valence-corrected chi connectivity index (χ0v) is 20.5. The van der Waals surface area contributed by atoms with Crippen LogP contribution in [0.3, 0.4) is 0 Å². The summed E-state index contributed by atoms with van der Waals surface area (Å²) in [6.45, 7) is 2.38. The van der Waals surface area contributed by atoms with Gasteiger partial charge in [-0.05, 0) is 73.0 Å². The minimum Gasteiger partial charge on any atom is -0.494 e. The van der Waals surface area contributed by atoms with Crippen LogP contribution in [0, 0.1) is 0 Å². The number of fused-ring (bicyclic) bond motifs is 1. The second kappa shape index (κ2) is 9.70. The molecule has 0 unspecified atom stereocenters. The Kier molecular flexibility index (Phi) is 6.89. The number of benzene rings is 3. The summed E-state index contributed by atoms with van der Waals surface area (Å²) < 4.78 is 34.0. The number of carbonyl (C=O) groups is 1. The van der Waals surface area contributed by atoms with Crippen LogP contribution in [0.15, 0.2) is 71.8 Å². The van der Waals surface area contributed by atoms with Crippen molar-refractivity contribution in [3.05, 3.63) is 82.5 Å². The molecule has 0 aliphatic heterocycles. The van der Waals surface area contributed by atoms with Crippen molar-refractivity contribution in [2.75, 3.05) is 6.61 Å². The number of aromatic nitrogens is 1. The van der Waals surface area contributed by atoms with E-state index in [9.17, 15) is 13.2 Å². The summed E-state index contributed by atoms with van der Waals surface area (Å²) in [5.74, 6) is -0.336. The van der Waals surface area contributed by atoms with Gasteiger partial charge in [0.05, 0.1) is 22.0 Å². The Hall–Kier alpha value is -3.00. The summed E-state index contributed by atoms with van der Waals surface area (Å²) >= 11 is 12.6.